The summed E-state index contributed by atoms with van der Waals surface area (Å²) < 4.78 is 16.4. The first kappa shape index (κ1) is 26.0. The Labute approximate surface area is 207 Å². The van der Waals surface area contributed by atoms with Gasteiger partial charge in [0.25, 0.3) is 0 Å². The third-order valence-electron chi connectivity index (χ3n) is 5.62. The van der Waals surface area contributed by atoms with Gasteiger partial charge in [-0.25, -0.2) is 9.59 Å². The van der Waals surface area contributed by atoms with E-state index in [2.05, 4.69) is 16.0 Å². The molecule has 0 radical (unpaired) electrons. The van der Waals surface area contributed by atoms with Crippen LogP contribution in [0, 0.1) is 0 Å². The van der Waals surface area contributed by atoms with Crippen LogP contribution in [-0.4, -0.2) is 56.4 Å². The normalized spacial score (nSPS) is 15.0. The van der Waals surface area contributed by atoms with Crippen molar-refractivity contribution < 1.29 is 23.8 Å². The Morgan fingerprint density at radius 2 is 1.71 bits per heavy atom. The lowest BCUT2D eigenvalue weighted by Gasteiger charge is -2.38. The molecule has 1 heterocycles. The van der Waals surface area contributed by atoms with Crippen molar-refractivity contribution in [1.82, 2.24) is 15.5 Å². The second-order valence-electron chi connectivity index (χ2n) is 9.34. The number of carbonyl (C=O) groups excluding carboxylic acids is 2. The van der Waals surface area contributed by atoms with Crippen LogP contribution >= 0.6 is 0 Å². The number of ether oxygens (including phenoxy) is 3. The fourth-order valence-electron chi connectivity index (χ4n) is 4.06. The molecule has 2 aromatic rings. The molecule has 2 aromatic carbocycles. The van der Waals surface area contributed by atoms with Crippen LogP contribution in [-0.2, 0) is 6.42 Å². The van der Waals surface area contributed by atoms with E-state index in [1.165, 1.54) is 0 Å². The van der Waals surface area contributed by atoms with Gasteiger partial charge >= 0.3 is 12.1 Å². The van der Waals surface area contributed by atoms with Crippen LogP contribution < -0.4 is 30.2 Å². The van der Waals surface area contributed by atoms with Crippen LogP contribution in [0.5, 0.6) is 17.2 Å². The average molecular weight is 485 g/mol. The maximum Gasteiger partial charge on any atom is 0.322 e. The molecule has 0 spiro atoms. The van der Waals surface area contributed by atoms with E-state index in [4.69, 9.17) is 14.2 Å². The zero-order chi connectivity index (χ0) is 25.6. The summed E-state index contributed by atoms with van der Waals surface area (Å²) >= 11 is 0. The largest absolute Gasteiger partial charge is 0.494 e. The van der Waals surface area contributed by atoms with Crippen LogP contribution in [0.4, 0.5) is 15.3 Å². The van der Waals surface area contributed by atoms with Gasteiger partial charge in [-0.2, -0.15) is 0 Å². The maximum absolute atomic E-state index is 13.3. The fourth-order valence-corrected chi connectivity index (χ4v) is 4.06. The first-order chi connectivity index (χ1) is 16.6. The van der Waals surface area contributed by atoms with E-state index in [9.17, 15) is 9.59 Å². The Hall–Kier alpha value is -3.62. The SMILES string of the molecule is CCOc1ccc(NC(=O)N2CCc3cc(OC)c(OC)cc3[C@H]2CNC(=O)NC(C)(C)C)cc1. The summed E-state index contributed by atoms with van der Waals surface area (Å²) in [6.07, 6.45) is 0.650. The van der Waals surface area contributed by atoms with Crippen molar-refractivity contribution in [3.8, 4) is 17.2 Å². The van der Waals surface area contributed by atoms with Crippen LogP contribution in [0.1, 0.15) is 44.9 Å². The van der Waals surface area contributed by atoms with Crippen molar-refractivity contribution >= 4 is 17.7 Å². The second-order valence-corrected chi connectivity index (χ2v) is 9.34. The summed E-state index contributed by atoms with van der Waals surface area (Å²) in [6, 6.07) is 10.1. The highest BCUT2D eigenvalue weighted by Crippen LogP contribution is 2.38. The maximum atomic E-state index is 13.3. The van der Waals surface area contributed by atoms with Crippen LogP contribution in [0.2, 0.25) is 0 Å². The Morgan fingerprint density at radius 1 is 1.06 bits per heavy atom. The number of anilines is 1. The molecule has 0 saturated heterocycles. The van der Waals surface area contributed by atoms with Gasteiger partial charge in [-0.05, 0) is 81.6 Å². The zero-order valence-corrected chi connectivity index (χ0v) is 21.4. The van der Waals surface area contributed by atoms with E-state index in [-0.39, 0.29) is 24.1 Å². The Morgan fingerprint density at radius 3 is 2.31 bits per heavy atom. The number of methoxy groups -OCH3 is 2. The Bertz CT molecular complexity index is 1030. The number of carbonyl (C=O) groups is 2. The van der Waals surface area contributed by atoms with E-state index < -0.39 is 6.04 Å². The molecule has 1 aliphatic rings. The second kappa shape index (κ2) is 11.2. The molecular formula is C26H36N4O5. The fraction of sp³-hybridized carbons (Fsp3) is 0.462. The summed E-state index contributed by atoms with van der Waals surface area (Å²) in [5.41, 5.74) is 2.24. The molecule has 0 fully saturated rings. The number of nitrogens with one attached hydrogen (secondary N) is 3. The number of hydrogen-bond donors (Lipinski definition) is 3. The van der Waals surface area contributed by atoms with Gasteiger partial charge in [-0.1, -0.05) is 0 Å². The molecule has 9 heteroatoms. The van der Waals surface area contributed by atoms with Crippen LogP contribution in [0.25, 0.3) is 0 Å². The van der Waals surface area contributed by atoms with Crippen molar-refractivity contribution in [2.45, 2.75) is 45.7 Å². The minimum Gasteiger partial charge on any atom is -0.494 e. The number of rotatable bonds is 7. The summed E-state index contributed by atoms with van der Waals surface area (Å²) in [5.74, 6) is 1.95. The number of benzene rings is 2. The third kappa shape index (κ3) is 6.71. The molecule has 35 heavy (non-hydrogen) atoms. The van der Waals surface area contributed by atoms with Crippen molar-refractivity contribution in [3.05, 3.63) is 47.5 Å². The molecule has 3 N–H and O–H groups in total. The standard InChI is InChI=1S/C26H36N4O5/c1-7-35-19-10-8-18(9-11-19)28-25(32)30-13-12-17-14-22(33-5)23(34-6)15-20(17)21(30)16-27-24(31)29-26(2,3)4/h8-11,14-15,21H,7,12-13,16H2,1-6H3,(H,28,32)(H2,27,29,31)/t21-/m1/s1. The summed E-state index contributed by atoms with van der Waals surface area (Å²) in [4.78, 5) is 27.6. The summed E-state index contributed by atoms with van der Waals surface area (Å²) in [6.45, 7) is 8.96. The number of hydrogen-bond acceptors (Lipinski definition) is 5. The highest BCUT2D eigenvalue weighted by atomic mass is 16.5. The van der Waals surface area contributed by atoms with Crippen molar-refractivity contribution in [2.24, 2.45) is 0 Å². The van der Waals surface area contributed by atoms with E-state index in [1.54, 1.807) is 31.3 Å². The van der Waals surface area contributed by atoms with Gasteiger partial charge in [0.15, 0.2) is 11.5 Å². The molecule has 1 aliphatic heterocycles. The molecule has 1 atom stereocenters. The third-order valence-corrected chi connectivity index (χ3v) is 5.62. The molecular weight excluding hydrogens is 448 g/mol. The highest BCUT2D eigenvalue weighted by molar-refractivity contribution is 5.90. The quantitative estimate of drug-likeness (QED) is 0.543. The van der Waals surface area contributed by atoms with E-state index >= 15 is 0 Å². The lowest BCUT2D eigenvalue weighted by molar-refractivity contribution is 0.178. The van der Waals surface area contributed by atoms with Gasteiger partial charge in [-0.3, -0.25) is 0 Å². The zero-order valence-electron chi connectivity index (χ0n) is 21.4. The number of fused-ring (bicyclic) bond motifs is 1. The molecule has 0 unspecified atom stereocenters. The number of urea groups is 2. The molecule has 4 amide bonds. The average Bonchev–Trinajstić information content (AvgIpc) is 2.81. The predicted molar refractivity (Wildman–Crippen MR) is 136 cm³/mol. The van der Waals surface area contributed by atoms with Crippen molar-refractivity contribution in [3.63, 3.8) is 0 Å². The van der Waals surface area contributed by atoms with Gasteiger partial charge in [0.05, 0.1) is 26.9 Å². The summed E-state index contributed by atoms with van der Waals surface area (Å²) in [7, 11) is 3.17. The predicted octanol–water partition coefficient (Wildman–Crippen LogP) is 4.33. The number of nitrogens with zero attached hydrogens (tertiary/aromatic N) is 1. The first-order valence-corrected chi connectivity index (χ1v) is 11.8. The number of amides is 4. The van der Waals surface area contributed by atoms with Crippen LogP contribution in [0.3, 0.4) is 0 Å². The Balaban J connectivity index is 1.85. The molecule has 190 valence electrons. The van der Waals surface area contributed by atoms with E-state index in [0.717, 1.165) is 16.9 Å². The van der Waals surface area contributed by atoms with Gasteiger partial charge in [0.1, 0.15) is 5.75 Å². The topological polar surface area (TPSA) is 101 Å². The highest BCUT2D eigenvalue weighted by Gasteiger charge is 2.33. The minimum atomic E-state index is -0.396. The van der Waals surface area contributed by atoms with Crippen LogP contribution in [0.15, 0.2) is 36.4 Å². The lowest BCUT2D eigenvalue weighted by Crippen LogP contribution is -2.51. The smallest absolute Gasteiger partial charge is 0.322 e. The lowest BCUT2D eigenvalue weighted by atomic mass is 9.92. The van der Waals surface area contributed by atoms with Crippen molar-refractivity contribution in [2.75, 3.05) is 39.2 Å². The minimum absolute atomic E-state index is 0.237. The summed E-state index contributed by atoms with van der Waals surface area (Å²) in [5, 5.41) is 8.79. The monoisotopic (exact) mass is 484 g/mol. The first-order valence-electron chi connectivity index (χ1n) is 11.8. The molecule has 0 bridgehead atoms. The van der Waals surface area contributed by atoms with Gasteiger partial charge in [0, 0.05) is 24.3 Å². The van der Waals surface area contributed by atoms with Gasteiger partial charge in [0.2, 0.25) is 0 Å². The molecule has 0 aromatic heterocycles. The molecule has 0 aliphatic carbocycles. The Kier molecular flexibility index (Phi) is 8.32. The van der Waals surface area contributed by atoms with E-state index in [1.807, 2.05) is 52.0 Å². The molecule has 9 nitrogen and oxygen atoms in total. The van der Waals surface area contributed by atoms with E-state index in [0.29, 0.717) is 36.8 Å². The molecule has 0 saturated carbocycles. The van der Waals surface area contributed by atoms with Gasteiger partial charge in [-0.15, -0.1) is 0 Å². The van der Waals surface area contributed by atoms with Crippen molar-refractivity contribution in [1.29, 1.82) is 0 Å². The molecule has 3 rings (SSSR count). The van der Waals surface area contributed by atoms with Gasteiger partial charge < -0.3 is 35.1 Å².